The van der Waals surface area contributed by atoms with Gasteiger partial charge >= 0.3 is 0 Å². The van der Waals surface area contributed by atoms with Crippen molar-refractivity contribution in [1.29, 1.82) is 0 Å². The molecule has 2 heteroatoms. The smallest absolute Gasteiger partial charge is 0.0466 e. The maximum atomic E-state index is 4.65. The zero-order chi connectivity index (χ0) is 13.0. The molecule has 1 aromatic rings. The van der Waals surface area contributed by atoms with Gasteiger partial charge in [0, 0.05) is 23.3 Å². The Balaban J connectivity index is 1.99. The first-order chi connectivity index (χ1) is 8.56. The molecule has 1 N–H and O–H groups in total. The Kier molecular flexibility index (Phi) is 4.39. The van der Waals surface area contributed by atoms with Crippen LogP contribution in [-0.4, -0.2) is 17.1 Å². The minimum Gasteiger partial charge on any atom is -0.312 e. The van der Waals surface area contributed by atoms with Crippen LogP contribution in [0.1, 0.15) is 63.6 Å². The van der Waals surface area contributed by atoms with Gasteiger partial charge in [0.25, 0.3) is 0 Å². The minimum atomic E-state index is 0.204. The number of nitrogens with zero attached hydrogens (tertiary/aromatic N) is 1. The Bertz CT molecular complexity index is 373. The van der Waals surface area contributed by atoms with Gasteiger partial charge < -0.3 is 5.32 Å². The summed E-state index contributed by atoms with van der Waals surface area (Å²) in [6, 6.07) is 4.33. The molecule has 1 aliphatic rings. The van der Waals surface area contributed by atoms with Crippen molar-refractivity contribution in [3.63, 3.8) is 0 Å². The largest absolute Gasteiger partial charge is 0.312 e. The van der Waals surface area contributed by atoms with E-state index in [9.17, 15) is 0 Å². The molecule has 0 atom stereocenters. The van der Waals surface area contributed by atoms with E-state index in [0.717, 1.165) is 18.9 Å². The van der Waals surface area contributed by atoms with Crippen LogP contribution in [0.5, 0.6) is 0 Å². The maximum absolute atomic E-state index is 4.65. The average Bonchev–Trinajstić information content (AvgIpc) is 2.81. The van der Waals surface area contributed by atoms with Crippen LogP contribution >= 0.6 is 0 Å². The second kappa shape index (κ2) is 5.83. The Morgan fingerprint density at radius 2 is 2.00 bits per heavy atom. The monoisotopic (exact) mass is 246 g/mol. The van der Waals surface area contributed by atoms with Gasteiger partial charge in [0.15, 0.2) is 0 Å². The second-order valence-electron chi connectivity index (χ2n) is 6.46. The SMILES string of the molecule is CC(C)(C)NCCc1cccnc1C1CCCC1. The first kappa shape index (κ1) is 13.5. The van der Waals surface area contributed by atoms with Crippen LogP contribution in [0.4, 0.5) is 0 Å². The van der Waals surface area contributed by atoms with Crippen molar-refractivity contribution in [3.05, 3.63) is 29.6 Å². The van der Waals surface area contributed by atoms with E-state index >= 15 is 0 Å². The summed E-state index contributed by atoms with van der Waals surface area (Å²) in [6.45, 7) is 7.69. The van der Waals surface area contributed by atoms with Gasteiger partial charge in [-0.2, -0.15) is 0 Å². The third-order valence-corrected chi connectivity index (χ3v) is 3.72. The summed E-state index contributed by atoms with van der Waals surface area (Å²) in [5.74, 6) is 0.718. The quantitative estimate of drug-likeness (QED) is 0.877. The van der Waals surface area contributed by atoms with E-state index in [0.29, 0.717) is 0 Å². The van der Waals surface area contributed by atoms with Crippen molar-refractivity contribution in [2.45, 2.75) is 64.3 Å². The van der Waals surface area contributed by atoms with E-state index < -0.39 is 0 Å². The highest BCUT2D eigenvalue weighted by molar-refractivity contribution is 5.24. The third kappa shape index (κ3) is 3.81. The molecule has 0 amide bonds. The van der Waals surface area contributed by atoms with E-state index in [1.165, 1.54) is 36.9 Å². The summed E-state index contributed by atoms with van der Waals surface area (Å²) < 4.78 is 0. The summed E-state index contributed by atoms with van der Waals surface area (Å²) in [6.07, 6.45) is 8.46. The van der Waals surface area contributed by atoms with Crippen LogP contribution in [0, 0.1) is 0 Å². The van der Waals surface area contributed by atoms with Gasteiger partial charge in [-0.25, -0.2) is 0 Å². The van der Waals surface area contributed by atoms with Crippen LogP contribution in [0.3, 0.4) is 0 Å². The Hall–Kier alpha value is -0.890. The van der Waals surface area contributed by atoms with Crippen molar-refractivity contribution < 1.29 is 0 Å². The standard InChI is InChI=1S/C16H26N2/c1-16(2,3)18-12-10-14-9-6-11-17-15(14)13-7-4-5-8-13/h6,9,11,13,18H,4-5,7-8,10,12H2,1-3H3. The Morgan fingerprint density at radius 3 is 2.67 bits per heavy atom. The third-order valence-electron chi connectivity index (χ3n) is 3.72. The molecule has 0 unspecified atom stereocenters. The molecule has 18 heavy (non-hydrogen) atoms. The zero-order valence-electron chi connectivity index (χ0n) is 12.0. The lowest BCUT2D eigenvalue weighted by Crippen LogP contribution is -2.37. The molecule has 2 nitrogen and oxygen atoms in total. The number of pyridine rings is 1. The normalized spacial score (nSPS) is 17.3. The van der Waals surface area contributed by atoms with Gasteiger partial charge in [0.05, 0.1) is 0 Å². The second-order valence-corrected chi connectivity index (χ2v) is 6.46. The van der Waals surface area contributed by atoms with Gasteiger partial charge in [-0.05, 0) is 58.2 Å². The lowest BCUT2D eigenvalue weighted by molar-refractivity contribution is 0.428. The maximum Gasteiger partial charge on any atom is 0.0466 e. The average molecular weight is 246 g/mol. The molecule has 100 valence electrons. The zero-order valence-corrected chi connectivity index (χ0v) is 12.0. The van der Waals surface area contributed by atoms with E-state index in [1.54, 1.807) is 0 Å². The van der Waals surface area contributed by atoms with Crippen molar-refractivity contribution in [2.75, 3.05) is 6.54 Å². The molecule has 2 rings (SSSR count). The number of nitrogens with one attached hydrogen (secondary N) is 1. The van der Waals surface area contributed by atoms with Gasteiger partial charge in [-0.15, -0.1) is 0 Å². The fourth-order valence-corrected chi connectivity index (χ4v) is 2.80. The summed E-state index contributed by atoms with van der Waals surface area (Å²) >= 11 is 0. The number of hydrogen-bond acceptors (Lipinski definition) is 2. The lowest BCUT2D eigenvalue weighted by atomic mass is 9.96. The summed E-state index contributed by atoms with van der Waals surface area (Å²) in [5.41, 5.74) is 3.02. The van der Waals surface area contributed by atoms with Crippen LogP contribution < -0.4 is 5.32 Å². The number of hydrogen-bond donors (Lipinski definition) is 1. The minimum absolute atomic E-state index is 0.204. The summed E-state index contributed by atoms with van der Waals surface area (Å²) in [5, 5.41) is 3.56. The Morgan fingerprint density at radius 1 is 1.28 bits per heavy atom. The fourth-order valence-electron chi connectivity index (χ4n) is 2.80. The number of aromatic nitrogens is 1. The highest BCUT2D eigenvalue weighted by Crippen LogP contribution is 2.34. The van der Waals surface area contributed by atoms with Crippen LogP contribution in [-0.2, 0) is 6.42 Å². The van der Waals surface area contributed by atoms with Gasteiger partial charge in [-0.1, -0.05) is 18.9 Å². The first-order valence-corrected chi connectivity index (χ1v) is 7.25. The van der Waals surface area contributed by atoms with Crippen molar-refractivity contribution >= 4 is 0 Å². The molecule has 0 aliphatic heterocycles. The molecular weight excluding hydrogens is 220 g/mol. The topological polar surface area (TPSA) is 24.9 Å². The predicted molar refractivity (Wildman–Crippen MR) is 76.9 cm³/mol. The predicted octanol–water partition coefficient (Wildman–Crippen LogP) is 3.67. The lowest BCUT2D eigenvalue weighted by Gasteiger charge is -2.21. The summed E-state index contributed by atoms with van der Waals surface area (Å²) in [4.78, 5) is 4.65. The van der Waals surface area contributed by atoms with Crippen LogP contribution in [0.2, 0.25) is 0 Å². The first-order valence-electron chi connectivity index (χ1n) is 7.25. The summed E-state index contributed by atoms with van der Waals surface area (Å²) in [7, 11) is 0. The van der Waals surface area contributed by atoms with Crippen LogP contribution in [0.15, 0.2) is 18.3 Å². The van der Waals surface area contributed by atoms with Crippen molar-refractivity contribution in [3.8, 4) is 0 Å². The molecule has 0 radical (unpaired) electrons. The van der Waals surface area contributed by atoms with Gasteiger partial charge in [0.1, 0.15) is 0 Å². The van der Waals surface area contributed by atoms with E-state index in [1.807, 2.05) is 6.20 Å². The molecule has 1 heterocycles. The molecule has 0 aromatic carbocycles. The van der Waals surface area contributed by atoms with E-state index in [4.69, 9.17) is 0 Å². The molecule has 1 aromatic heterocycles. The molecule has 1 saturated carbocycles. The van der Waals surface area contributed by atoms with Gasteiger partial charge in [0.2, 0.25) is 0 Å². The fraction of sp³-hybridized carbons (Fsp3) is 0.688. The molecule has 1 aliphatic carbocycles. The van der Waals surface area contributed by atoms with Crippen molar-refractivity contribution in [2.24, 2.45) is 0 Å². The highest BCUT2D eigenvalue weighted by Gasteiger charge is 2.20. The molecule has 1 fully saturated rings. The number of rotatable bonds is 4. The van der Waals surface area contributed by atoms with Crippen LogP contribution in [0.25, 0.3) is 0 Å². The van der Waals surface area contributed by atoms with Crippen molar-refractivity contribution in [1.82, 2.24) is 10.3 Å². The molecule has 0 spiro atoms. The highest BCUT2D eigenvalue weighted by atomic mass is 14.9. The van der Waals surface area contributed by atoms with Gasteiger partial charge in [-0.3, -0.25) is 4.98 Å². The molecule has 0 bridgehead atoms. The Labute approximate surface area is 111 Å². The van der Waals surface area contributed by atoms with E-state index in [-0.39, 0.29) is 5.54 Å². The molecule has 0 saturated heterocycles. The molecular formula is C16H26N2. The van der Waals surface area contributed by atoms with E-state index in [2.05, 4.69) is 43.2 Å².